The van der Waals surface area contributed by atoms with Gasteiger partial charge in [-0.3, -0.25) is 4.79 Å². The Bertz CT molecular complexity index is 440. The molecule has 0 fully saturated rings. The van der Waals surface area contributed by atoms with E-state index in [0.717, 1.165) is 24.3 Å². The van der Waals surface area contributed by atoms with Crippen molar-refractivity contribution in [2.75, 3.05) is 11.9 Å². The molecule has 0 radical (unpaired) electrons. The van der Waals surface area contributed by atoms with Gasteiger partial charge in [0, 0.05) is 0 Å². The van der Waals surface area contributed by atoms with Crippen molar-refractivity contribution in [1.29, 1.82) is 0 Å². The van der Waals surface area contributed by atoms with E-state index < -0.39 is 0 Å². The van der Waals surface area contributed by atoms with Crippen molar-refractivity contribution in [3.63, 3.8) is 0 Å². The zero-order valence-electron chi connectivity index (χ0n) is 11.2. The maximum atomic E-state index is 11.2. The summed E-state index contributed by atoms with van der Waals surface area (Å²) in [6.07, 6.45) is 6.07. The van der Waals surface area contributed by atoms with Crippen LogP contribution in [0.4, 0.5) is 5.69 Å². The van der Waals surface area contributed by atoms with Crippen LogP contribution >= 0.6 is 0 Å². The number of ether oxygens (including phenoxy) is 1. The topological polar surface area (TPSA) is 38.3 Å². The molecular weight excluding hydrogens is 226 g/mol. The Morgan fingerprint density at radius 2 is 1.72 bits per heavy atom. The van der Waals surface area contributed by atoms with Crippen molar-refractivity contribution in [3.05, 3.63) is 23.3 Å². The Morgan fingerprint density at radius 3 is 2.44 bits per heavy atom. The molecule has 1 aliphatic carbocycles. The Kier molecular flexibility index (Phi) is 4.24. The second-order valence-corrected chi connectivity index (χ2v) is 4.51. The van der Waals surface area contributed by atoms with Crippen molar-refractivity contribution in [3.8, 4) is 5.75 Å². The van der Waals surface area contributed by atoms with Gasteiger partial charge in [0.15, 0.2) is 6.61 Å². The van der Waals surface area contributed by atoms with Crippen LogP contribution in [0.15, 0.2) is 12.1 Å². The number of rotatable bonds is 0. The van der Waals surface area contributed by atoms with Crippen LogP contribution < -0.4 is 10.1 Å². The van der Waals surface area contributed by atoms with Gasteiger partial charge in [0.1, 0.15) is 5.75 Å². The zero-order valence-corrected chi connectivity index (χ0v) is 11.2. The van der Waals surface area contributed by atoms with E-state index in [1.54, 1.807) is 0 Å². The molecule has 0 atom stereocenters. The number of fused-ring (bicyclic) bond motifs is 2. The number of anilines is 1. The summed E-state index contributed by atoms with van der Waals surface area (Å²) in [6, 6.07) is 4.20. The lowest BCUT2D eigenvalue weighted by Crippen LogP contribution is -2.25. The molecule has 1 aliphatic heterocycles. The summed E-state index contributed by atoms with van der Waals surface area (Å²) in [5, 5.41) is 2.87. The van der Waals surface area contributed by atoms with Gasteiger partial charge >= 0.3 is 0 Å². The molecule has 1 aromatic rings. The molecule has 3 heteroatoms. The highest BCUT2D eigenvalue weighted by atomic mass is 16.5. The molecule has 1 amide bonds. The Labute approximate surface area is 109 Å². The molecule has 3 nitrogen and oxygen atoms in total. The fraction of sp³-hybridized carbons (Fsp3) is 0.533. The third-order valence-corrected chi connectivity index (χ3v) is 3.33. The summed E-state index contributed by atoms with van der Waals surface area (Å²) < 4.78 is 5.43. The zero-order chi connectivity index (χ0) is 13.0. The average Bonchev–Trinajstić information content (AvgIpc) is 2.63. The SMILES string of the molecule is CC.O=C1COc2cc3c(cc2N1)CCCCC3. The first-order valence-corrected chi connectivity index (χ1v) is 6.91. The lowest BCUT2D eigenvalue weighted by molar-refractivity contribution is -0.118. The molecule has 0 spiro atoms. The van der Waals surface area contributed by atoms with Gasteiger partial charge in [0.05, 0.1) is 5.69 Å². The number of hydrogen-bond acceptors (Lipinski definition) is 2. The van der Waals surface area contributed by atoms with Crippen molar-refractivity contribution in [2.24, 2.45) is 0 Å². The van der Waals surface area contributed by atoms with E-state index in [1.165, 1.54) is 30.4 Å². The van der Waals surface area contributed by atoms with E-state index in [9.17, 15) is 4.79 Å². The molecule has 2 aliphatic rings. The fourth-order valence-corrected chi connectivity index (χ4v) is 2.49. The Balaban J connectivity index is 0.000000574. The van der Waals surface area contributed by atoms with Crippen molar-refractivity contribution in [2.45, 2.75) is 46.0 Å². The third-order valence-electron chi connectivity index (χ3n) is 3.33. The van der Waals surface area contributed by atoms with Gasteiger partial charge in [-0.25, -0.2) is 0 Å². The summed E-state index contributed by atoms with van der Waals surface area (Å²) >= 11 is 0. The molecule has 1 N–H and O–H groups in total. The molecule has 0 unspecified atom stereocenters. The largest absolute Gasteiger partial charge is 0.482 e. The minimum absolute atomic E-state index is 0.0546. The second-order valence-electron chi connectivity index (χ2n) is 4.51. The predicted octanol–water partition coefficient (Wildman–Crippen LogP) is 3.31. The van der Waals surface area contributed by atoms with Crippen LogP contribution in [-0.2, 0) is 17.6 Å². The summed E-state index contributed by atoms with van der Waals surface area (Å²) in [4.78, 5) is 11.2. The number of carbonyl (C=O) groups is 1. The lowest BCUT2D eigenvalue weighted by Gasteiger charge is -2.20. The monoisotopic (exact) mass is 247 g/mol. The first kappa shape index (κ1) is 12.9. The first-order chi connectivity index (χ1) is 8.83. The maximum Gasteiger partial charge on any atom is 0.262 e. The number of aryl methyl sites for hydroxylation is 2. The van der Waals surface area contributed by atoms with Gasteiger partial charge in [-0.15, -0.1) is 0 Å². The molecule has 0 aromatic heterocycles. The Hall–Kier alpha value is -1.51. The number of amides is 1. The Morgan fingerprint density at radius 1 is 1.06 bits per heavy atom. The molecule has 18 heavy (non-hydrogen) atoms. The van der Waals surface area contributed by atoms with Crippen molar-refractivity contribution >= 4 is 11.6 Å². The van der Waals surface area contributed by atoms with E-state index in [1.807, 2.05) is 13.8 Å². The quantitative estimate of drug-likeness (QED) is 0.714. The molecule has 0 saturated carbocycles. The maximum absolute atomic E-state index is 11.2. The van der Waals surface area contributed by atoms with Gasteiger partial charge in [0.25, 0.3) is 5.91 Å². The van der Waals surface area contributed by atoms with Crippen molar-refractivity contribution < 1.29 is 9.53 Å². The summed E-state index contributed by atoms with van der Waals surface area (Å²) in [6.45, 7) is 4.14. The fourth-order valence-electron chi connectivity index (χ4n) is 2.49. The van der Waals surface area contributed by atoms with Crippen molar-refractivity contribution in [1.82, 2.24) is 0 Å². The number of nitrogens with one attached hydrogen (secondary N) is 1. The highest BCUT2D eigenvalue weighted by Crippen LogP contribution is 2.33. The average molecular weight is 247 g/mol. The van der Waals surface area contributed by atoms with Gasteiger partial charge in [-0.1, -0.05) is 20.3 Å². The minimum atomic E-state index is -0.0546. The number of carbonyl (C=O) groups excluding carboxylic acids is 1. The van der Waals surface area contributed by atoms with Crippen LogP contribution in [0.25, 0.3) is 0 Å². The van der Waals surface area contributed by atoms with E-state index >= 15 is 0 Å². The molecule has 0 saturated heterocycles. The van der Waals surface area contributed by atoms with E-state index in [4.69, 9.17) is 4.74 Å². The molecular formula is C15H21NO2. The highest BCUT2D eigenvalue weighted by molar-refractivity contribution is 5.95. The summed E-state index contributed by atoms with van der Waals surface area (Å²) in [5.74, 6) is 0.779. The molecule has 1 heterocycles. The molecule has 3 rings (SSSR count). The lowest BCUT2D eigenvalue weighted by atomic mass is 10.0. The standard InChI is InChI=1S/C13H15NO2.C2H6/c15-13-8-16-12-7-10-5-3-1-2-4-9(10)6-11(12)14-13;1-2/h6-7H,1-5,8H2,(H,14,15);1-2H3. The molecule has 0 bridgehead atoms. The van der Waals surface area contributed by atoms with Crippen LogP contribution in [0.1, 0.15) is 44.2 Å². The van der Waals surface area contributed by atoms with Gasteiger partial charge < -0.3 is 10.1 Å². The van der Waals surface area contributed by atoms with Crippen LogP contribution in [0.5, 0.6) is 5.75 Å². The highest BCUT2D eigenvalue weighted by Gasteiger charge is 2.19. The summed E-state index contributed by atoms with van der Waals surface area (Å²) in [7, 11) is 0. The number of benzene rings is 1. The van der Waals surface area contributed by atoms with Crippen LogP contribution in [0.2, 0.25) is 0 Å². The smallest absolute Gasteiger partial charge is 0.262 e. The van der Waals surface area contributed by atoms with E-state index in [2.05, 4.69) is 17.4 Å². The van der Waals surface area contributed by atoms with Gasteiger partial charge in [0.2, 0.25) is 0 Å². The van der Waals surface area contributed by atoms with Gasteiger partial charge in [-0.2, -0.15) is 0 Å². The number of hydrogen-bond donors (Lipinski definition) is 1. The normalized spacial score (nSPS) is 17.1. The second kappa shape index (κ2) is 5.89. The first-order valence-electron chi connectivity index (χ1n) is 6.91. The molecule has 1 aromatic carbocycles. The van der Waals surface area contributed by atoms with Crippen LogP contribution in [0, 0.1) is 0 Å². The van der Waals surface area contributed by atoms with Gasteiger partial charge in [-0.05, 0) is 48.9 Å². The minimum Gasteiger partial charge on any atom is -0.482 e. The predicted molar refractivity (Wildman–Crippen MR) is 73.2 cm³/mol. The van der Waals surface area contributed by atoms with E-state index in [0.29, 0.717) is 0 Å². The summed E-state index contributed by atoms with van der Waals surface area (Å²) in [5.41, 5.74) is 3.62. The van der Waals surface area contributed by atoms with E-state index in [-0.39, 0.29) is 12.5 Å². The molecule has 98 valence electrons. The third kappa shape index (κ3) is 2.66. The van der Waals surface area contributed by atoms with Crippen LogP contribution in [0.3, 0.4) is 0 Å². The van der Waals surface area contributed by atoms with Crippen LogP contribution in [-0.4, -0.2) is 12.5 Å².